The summed E-state index contributed by atoms with van der Waals surface area (Å²) in [5, 5.41) is 3.08. The first kappa shape index (κ1) is 25.3. The van der Waals surface area contributed by atoms with Crippen LogP contribution in [0.15, 0.2) is 0 Å². The number of aryl methyl sites for hydroxylation is 1. The van der Waals surface area contributed by atoms with Crippen molar-refractivity contribution in [1.29, 1.82) is 0 Å². The van der Waals surface area contributed by atoms with Crippen LogP contribution in [-0.2, 0) is 20.7 Å². The number of H-pyrrole nitrogens is 1. The van der Waals surface area contributed by atoms with Crippen molar-refractivity contribution >= 4 is 17.8 Å². The third-order valence-electron chi connectivity index (χ3n) is 6.96. The number of ether oxygens (including phenoxy) is 1. The Kier molecular flexibility index (Phi) is 9.35. The molecule has 2 fully saturated rings. The van der Waals surface area contributed by atoms with E-state index < -0.39 is 0 Å². The topological polar surface area (TPSA) is 94.7 Å². The highest BCUT2D eigenvalue weighted by Gasteiger charge is 2.28. The molecular weight excluding hydrogens is 420 g/mol. The first-order valence-electron chi connectivity index (χ1n) is 12.5. The summed E-state index contributed by atoms with van der Waals surface area (Å²) in [6.45, 7) is 11.2. The maximum Gasteiger partial charge on any atom is 0.355 e. The second kappa shape index (κ2) is 12.2. The summed E-state index contributed by atoms with van der Waals surface area (Å²) in [6.07, 6.45) is 6.17. The number of aromatic nitrogens is 1. The number of esters is 1. The number of hydrogen-bond acceptors (Lipinski definition) is 5. The molecule has 33 heavy (non-hydrogen) atoms. The molecule has 1 aromatic rings. The average Bonchev–Trinajstić information content (AvgIpc) is 3.43. The van der Waals surface area contributed by atoms with Crippen LogP contribution in [0.25, 0.3) is 0 Å². The van der Waals surface area contributed by atoms with Gasteiger partial charge >= 0.3 is 5.97 Å². The molecule has 0 aliphatic carbocycles. The van der Waals surface area contributed by atoms with Crippen LogP contribution in [0.4, 0.5) is 0 Å². The number of nitrogens with zero attached hydrogens (tertiary/aromatic N) is 2. The van der Waals surface area contributed by atoms with Crippen LogP contribution in [0, 0.1) is 19.8 Å². The molecule has 2 N–H and O–H groups in total. The molecule has 2 aliphatic rings. The van der Waals surface area contributed by atoms with E-state index in [1.807, 2.05) is 18.7 Å². The number of carbonyl (C=O) groups is 3. The number of aromatic amines is 1. The van der Waals surface area contributed by atoms with Crippen LogP contribution >= 0.6 is 0 Å². The zero-order valence-corrected chi connectivity index (χ0v) is 20.5. The van der Waals surface area contributed by atoms with Gasteiger partial charge in [-0.15, -0.1) is 0 Å². The number of hydrogen-bond donors (Lipinski definition) is 2. The molecule has 1 unspecified atom stereocenters. The summed E-state index contributed by atoms with van der Waals surface area (Å²) >= 11 is 0. The number of likely N-dealkylation sites (tertiary alicyclic amines) is 2. The minimum Gasteiger partial charge on any atom is -0.461 e. The Labute approximate surface area is 197 Å². The number of carbonyl (C=O) groups excluding carboxylic acids is 3. The Morgan fingerprint density at radius 2 is 1.88 bits per heavy atom. The average molecular weight is 461 g/mol. The van der Waals surface area contributed by atoms with Crippen molar-refractivity contribution in [2.75, 3.05) is 45.9 Å². The van der Waals surface area contributed by atoms with Gasteiger partial charge in [0.25, 0.3) is 0 Å². The van der Waals surface area contributed by atoms with E-state index in [2.05, 4.69) is 15.2 Å². The lowest BCUT2D eigenvalue weighted by Crippen LogP contribution is -2.45. The predicted molar refractivity (Wildman–Crippen MR) is 127 cm³/mol. The van der Waals surface area contributed by atoms with Crippen LogP contribution in [0.5, 0.6) is 0 Å². The molecule has 184 valence electrons. The summed E-state index contributed by atoms with van der Waals surface area (Å²) in [5.74, 6) is -0.342. The van der Waals surface area contributed by atoms with Crippen molar-refractivity contribution < 1.29 is 19.1 Å². The predicted octanol–water partition coefficient (Wildman–Crippen LogP) is 2.58. The van der Waals surface area contributed by atoms with E-state index in [1.54, 1.807) is 6.92 Å². The smallest absolute Gasteiger partial charge is 0.355 e. The highest BCUT2D eigenvalue weighted by Crippen LogP contribution is 2.22. The minimum absolute atomic E-state index is 0.0687. The van der Waals surface area contributed by atoms with E-state index in [1.165, 1.54) is 25.9 Å². The van der Waals surface area contributed by atoms with Crippen molar-refractivity contribution in [1.82, 2.24) is 20.1 Å². The van der Waals surface area contributed by atoms with Crippen LogP contribution < -0.4 is 5.32 Å². The molecule has 2 amide bonds. The number of piperidine rings is 1. The molecule has 3 heterocycles. The molecular formula is C25H40N4O4. The van der Waals surface area contributed by atoms with Crippen molar-refractivity contribution in [3.05, 3.63) is 22.5 Å². The fraction of sp³-hybridized carbons (Fsp3) is 0.720. The van der Waals surface area contributed by atoms with Gasteiger partial charge in [-0.1, -0.05) is 0 Å². The van der Waals surface area contributed by atoms with Gasteiger partial charge in [0.15, 0.2) is 0 Å². The van der Waals surface area contributed by atoms with E-state index in [-0.39, 0.29) is 23.7 Å². The number of rotatable bonds is 10. The van der Waals surface area contributed by atoms with Gasteiger partial charge in [0.1, 0.15) is 5.69 Å². The van der Waals surface area contributed by atoms with E-state index in [0.717, 1.165) is 42.6 Å². The van der Waals surface area contributed by atoms with Gasteiger partial charge in [-0.25, -0.2) is 4.79 Å². The highest BCUT2D eigenvalue weighted by molar-refractivity contribution is 5.90. The van der Waals surface area contributed by atoms with Gasteiger partial charge in [-0.2, -0.15) is 0 Å². The number of nitrogens with one attached hydrogen (secondary N) is 2. The van der Waals surface area contributed by atoms with Crippen LogP contribution in [0.3, 0.4) is 0 Å². The summed E-state index contributed by atoms with van der Waals surface area (Å²) in [4.78, 5) is 45.0. The van der Waals surface area contributed by atoms with Crippen LogP contribution in [-0.4, -0.2) is 78.4 Å². The highest BCUT2D eigenvalue weighted by atomic mass is 16.5. The van der Waals surface area contributed by atoms with Gasteiger partial charge in [-0.3, -0.25) is 9.59 Å². The van der Waals surface area contributed by atoms with Gasteiger partial charge in [0.05, 0.1) is 12.5 Å². The normalized spacial score (nSPS) is 19.0. The second-order valence-corrected chi connectivity index (χ2v) is 9.32. The van der Waals surface area contributed by atoms with Gasteiger partial charge in [-0.05, 0) is 90.1 Å². The molecule has 0 spiro atoms. The monoisotopic (exact) mass is 460 g/mol. The summed E-state index contributed by atoms with van der Waals surface area (Å²) in [5.41, 5.74) is 3.21. The maximum absolute atomic E-state index is 12.9. The maximum atomic E-state index is 12.9. The van der Waals surface area contributed by atoms with Crippen molar-refractivity contribution in [3.63, 3.8) is 0 Å². The lowest BCUT2D eigenvalue weighted by atomic mass is 9.96. The molecule has 0 bridgehead atoms. The molecule has 1 aromatic heterocycles. The molecule has 2 aliphatic heterocycles. The molecule has 0 saturated carbocycles. The van der Waals surface area contributed by atoms with Crippen LogP contribution in [0.1, 0.15) is 72.8 Å². The summed E-state index contributed by atoms with van der Waals surface area (Å²) < 4.78 is 5.11. The van der Waals surface area contributed by atoms with Gasteiger partial charge < -0.3 is 24.8 Å². The molecule has 8 nitrogen and oxygen atoms in total. The summed E-state index contributed by atoms with van der Waals surface area (Å²) in [7, 11) is 0. The van der Waals surface area contributed by atoms with E-state index in [9.17, 15) is 14.4 Å². The molecule has 8 heteroatoms. The summed E-state index contributed by atoms with van der Waals surface area (Å²) in [6, 6.07) is 0. The minimum atomic E-state index is -0.360. The van der Waals surface area contributed by atoms with Gasteiger partial charge in [0, 0.05) is 31.7 Å². The largest absolute Gasteiger partial charge is 0.461 e. The van der Waals surface area contributed by atoms with E-state index >= 15 is 0 Å². The third kappa shape index (κ3) is 6.82. The third-order valence-corrected chi connectivity index (χ3v) is 6.96. The van der Waals surface area contributed by atoms with Crippen molar-refractivity contribution in [2.45, 2.75) is 65.7 Å². The second-order valence-electron chi connectivity index (χ2n) is 9.32. The molecule has 2 saturated heterocycles. The van der Waals surface area contributed by atoms with Gasteiger partial charge in [0.2, 0.25) is 11.8 Å². The van der Waals surface area contributed by atoms with Crippen LogP contribution in [0.2, 0.25) is 0 Å². The Hall–Kier alpha value is -2.35. The number of amides is 2. The Bertz CT molecular complexity index is 829. The molecule has 1 atom stereocenters. The first-order chi connectivity index (χ1) is 15.9. The van der Waals surface area contributed by atoms with Crippen molar-refractivity contribution in [2.24, 2.45) is 5.92 Å². The standard InChI is InChI=1S/C25H40N4O4/c1-4-33-25(32)23-18(2)21(19(3)27-23)10-11-22(30)29-16-7-9-20(17-29)24(31)26-12-8-15-28-13-5-6-14-28/h20,27H,4-17H2,1-3H3,(H,26,31). The van der Waals surface area contributed by atoms with E-state index in [0.29, 0.717) is 44.8 Å². The zero-order valence-electron chi connectivity index (χ0n) is 20.5. The Morgan fingerprint density at radius 3 is 2.61 bits per heavy atom. The molecule has 0 aromatic carbocycles. The SMILES string of the molecule is CCOC(=O)c1[nH]c(C)c(CCC(=O)N2CCCC(C(=O)NCCCN3CCCC3)C2)c1C. The Balaban J connectivity index is 1.44. The van der Waals surface area contributed by atoms with Crippen molar-refractivity contribution in [3.8, 4) is 0 Å². The zero-order chi connectivity index (χ0) is 23.8. The van der Waals surface area contributed by atoms with E-state index in [4.69, 9.17) is 4.74 Å². The fourth-order valence-electron chi connectivity index (χ4n) is 5.04. The first-order valence-corrected chi connectivity index (χ1v) is 12.5. The quantitative estimate of drug-likeness (QED) is 0.413. The fourth-order valence-corrected chi connectivity index (χ4v) is 5.04. The lowest BCUT2D eigenvalue weighted by Gasteiger charge is -2.32. The Morgan fingerprint density at radius 1 is 1.12 bits per heavy atom. The molecule has 0 radical (unpaired) electrons. The molecule has 3 rings (SSSR count). The lowest BCUT2D eigenvalue weighted by molar-refractivity contribution is -0.135.